The topological polar surface area (TPSA) is 77.8 Å². The Kier molecular flexibility index (Phi) is 4.98. The standard InChI is InChI=1S/C29H44O4/c1-17-9-12-29(24(32)33)14-13-27(5)18(19(29)15-17)7-8-22-26(4)16-20(30)23(31)25(2,3)21(26)10-11-28(22,27)6/h7,19-23,30-31H,1,8-16H2,2-6H3,(H,32,33). The second-order valence-corrected chi connectivity index (χ2v) is 13.8. The predicted octanol–water partition coefficient (Wildman–Crippen LogP) is 5.73. The maximum atomic E-state index is 12.6. The lowest BCUT2D eigenvalue weighted by molar-refractivity contribution is -0.231. The Morgan fingerprint density at radius 2 is 1.73 bits per heavy atom. The van der Waals surface area contributed by atoms with E-state index >= 15 is 0 Å². The molecule has 4 fully saturated rings. The second-order valence-electron chi connectivity index (χ2n) is 13.8. The Hall–Kier alpha value is -1.13. The van der Waals surface area contributed by atoms with Crippen LogP contribution in [0.4, 0.5) is 0 Å². The number of carboxylic acid groups (broad SMARTS) is 1. The molecule has 0 saturated heterocycles. The minimum absolute atomic E-state index is 0.0315. The molecule has 0 amide bonds. The Balaban J connectivity index is 1.61. The zero-order valence-electron chi connectivity index (χ0n) is 21.3. The average molecular weight is 457 g/mol. The average Bonchev–Trinajstić information content (AvgIpc) is 2.72. The van der Waals surface area contributed by atoms with E-state index in [1.807, 2.05) is 0 Å². The first kappa shape index (κ1) is 23.6. The highest BCUT2D eigenvalue weighted by molar-refractivity contribution is 5.77. The van der Waals surface area contributed by atoms with Crippen molar-refractivity contribution < 1.29 is 20.1 Å². The SMILES string of the molecule is C=C1CCC2(C(=O)O)CCC3(C)C(=CCC4C5(C)CC(O)C(O)C(C)(C)C5CCC43C)C2C1. The van der Waals surface area contributed by atoms with E-state index in [0.717, 1.165) is 51.4 Å². The van der Waals surface area contributed by atoms with Crippen LogP contribution in [0.1, 0.15) is 92.4 Å². The van der Waals surface area contributed by atoms with Gasteiger partial charge < -0.3 is 15.3 Å². The molecule has 33 heavy (non-hydrogen) atoms. The van der Waals surface area contributed by atoms with Crippen molar-refractivity contribution in [2.75, 3.05) is 0 Å². The fraction of sp³-hybridized carbons (Fsp3) is 0.828. The van der Waals surface area contributed by atoms with Gasteiger partial charge in [0.05, 0.1) is 17.6 Å². The van der Waals surface area contributed by atoms with Crippen molar-refractivity contribution in [3.63, 3.8) is 0 Å². The largest absolute Gasteiger partial charge is 0.481 e. The summed E-state index contributed by atoms with van der Waals surface area (Å²) in [7, 11) is 0. The summed E-state index contributed by atoms with van der Waals surface area (Å²) in [6, 6.07) is 0. The summed E-state index contributed by atoms with van der Waals surface area (Å²) < 4.78 is 0. The number of carboxylic acids is 1. The Morgan fingerprint density at radius 1 is 1.03 bits per heavy atom. The number of aliphatic hydroxyl groups is 2. The number of aliphatic carboxylic acids is 1. The van der Waals surface area contributed by atoms with Gasteiger partial charge in [0.1, 0.15) is 0 Å². The van der Waals surface area contributed by atoms with Gasteiger partial charge in [-0.1, -0.05) is 58.4 Å². The van der Waals surface area contributed by atoms with Crippen molar-refractivity contribution in [3.05, 3.63) is 23.8 Å². The van der Waals surface area contributed by atoms with E-state index in [-0.39, 0.29) is 27.6 Å². The highest BCUT2D eigenvalue weighted by atomic mass is 16.4. The molecule has 0 heterocycles. The first-order valence-electron chi connectivity index (χ1n) is 13.2. The van der Waals surface area contributed by atoms with Crippen molar-refractivity contribution in [1.82, 2.24) is 0 Å². The van der Waals surface area contributed by atoms with E-state index in [4.69, 9.17) is 0 Å². The molecule has 9 unspecified atom stereocenters. The smallest absolute Gasteiger partial charge is 0.310 e. The summed E-state index contributed by atoms with van der Waals surface area (Å²) >= 11 is 0. The number of hydrogen-bond acceptors (Lipinski definition) is 3. The lowest BCUT2D eigenvalue weighted by Crippen LogP contribution is -2.66. The summed E-state index contributed by atoms with van der Waals surface area (Å²) in [5, 5.41) is 32.2. The molecule has 4 nitrogen and oxygen atoms in total. The van der Waals surface area contributed by atoms with Gasteiger partial charge in [0, 0.05) is 5.92 Å². The molecule has 184 valence electrons. The highest BCUT2D eigenvalue weighted by Gasteiger charge is 2.69. The van der Waals surface area contributed by atoms with Crippen LogP contribution in [0, 0.1) is 44.8 Å². The van der Waals surface area contributed by atoms with Gasteiger partial charge in [0.2, 0.25) is 0 Å². The molecule has 3 N–H and O–H groups in total. The predicted molar refractivity (Wildman–Crippen MR) is 129 cm³/mol. The third kappa shape index (κ3) is 2.74. The molecule has 0 spiro atoms. The number of fused-ring (bicyclic) bond motifs is 7. The highest BCUT2D eigenvalue weighted by Crippen LogP contribution is 2.75. The summed E-state index contributed by atoms with van der Waals surface area (Å²) in [6.07, 6.45) is 8.89. The van der Waals surface area contributed by atoms with Gasteiger partial charge in [-0.15, -0.1) is 0 Å². The van der Waals surface area contributed by atoms with Crippen LogP contribution in [-0.2, 0) is 4.79 Å². The molecule has 5 aliphatic carbocycles. The molecule has 4 saturated carbocycles. The van der Waals surface area contributed by atoms with Gasteiger partial charge in [0.15, 0.2) is 0 Å². The summed E-state index contributed by atoms with van der Waals surface area (Å²) in [5.74, 6) is 0.241. The van der Waals surface area contributed by atoms with Crippen molar-refractivity contribution in [3.8, 4) is 0 Å². The monoisotopic (exact) mass is 456 g/mol. The van der Waals surface area contributed by atoms with Crippen molar-refractivity contribution in [1.29, 1.82) is 0 Å². The van der Waals surface area contributed by atoms with Gasteiger partial charge in [0.25, 0.3) is 0 Å². The zero-order chi connectivity index (χ0) is 24.2. The van der Waals surface area contributed by atoms with Crippen LogP contribution in [0.2, 0.25) is 0 Å². The summed E-state index contributed by atoms with van der Waals surface area (Å²) in [6.45, 7) is 15.9. The molecular formula is C29H44O4. The number of aliphatic hydroxyl groups excluding tert-OH is 2. The quantitative estimate of drug-likeness (QED) is 0.440. The zero-order valence-corrected chi connectivity index (χ0v) is 21.3. The van der Waals surface area contributed by atoms with Crippen LogP contribution in [-0.4, -0.2) is 33.5 Å². The van der Waals surface area contributed by atoms with Crippen molar-refractivity contribution in [2.24, 2.45) is 44.8 Å². The van der Waals surface area contributed by atoms with Crippen LogP contribution in [0.5, 0.6) is 0 Å². The number of carbonyl (C=O) groups is 1. The van der Waals surface area contributed by atoms with E-state index in [1.165, 1.54) is 11.1 Å². The van der Waals surface area contributed by atoms with Gasteiger partial charge in [-0.25, -0.2) is 0 Å². The molecule has 4 heteroatoms. The maximum Gasteiger partial charge on any atom is 0.310 e. The van der Waals surface area contributed by atoms with Crippen LogP contribution in [0.25, 0.3) is 0 Å². The van der Waals surface area contributed by atoms with E-state index in [1.54, 1.807) is 0 Å². The van der Waals surface area contributed by atoms with E-state index in [9.17, 15) is 20.1 Å². The molecule has 0 radical (unpaired) electrons. The summed E-state index contributed by atoms with van der Waals surface area (Å²) in [5.41, 5.74) is 1.64. The first-order valence-corrected chi connectivity index (χ1v) is 13.2. The van der Waals surface area contributed by atoms with E-state index in [0.29, 0.717) is 18.3 Å². The first-order chi connectivity index (χ1) is 15.2. The molecule has 0 aromatic heterocycles. The molecule has 0 aromatic rings. The Bertz CT molecular complexity index is 919. The molecule has 0 aliphatic heterocycles. The van der Waals surface area contributed by atoms with E-state index in [2.05, 4.69) is 47.3 Å². The van der Waals surface area contributed by atoms with Crippen molar-refractivity contribution in [2.45, 2.75) is 105 Å². The van der Waals surface area contributed by atoms with Crippen LogP contribution >= 0.6 is 0 Å². The van der Waals surface area contributed by atoms with Gasteiger partial charge in [-0.3, -0.25) is 4.79 Å². The molecule has 5 rings (SSSR count). The molecule has 0 aromatic carbocycles. The molecular weight excluding hydrogens is 412 g/mol. The molecule has 5 aliphatic rings. The van der Waals surface area contributed by atoms with Gasteiger partial charge in [-0.05, 0) is 91.3 Å². The van der Waals surface area contributed by atoms with Crippen LogP contribution in [0.15, 0.2) is 23.8 Å². The summed E-state index contributed by atoms with van der Waals surface area (Å²) in [4.78, 5) is 12.6. The van der Waals surface area contributed by atoms with Crippen LogP contribution in [0.3, 0.4) is 0 Å². The van der Waals surface area contributed by atoms with Gasteiger partial charge >= 0.3 is 5.97 Å². The minimum Gasteiger partial charge on any atom is -0.481 e. The fourth-order valence-electron chi connectivity index (χ4n) is 10.3. The lowest BCUT2D eigenvalue weighted by atomic mass is 9.33. The minimum atomic E-state index is -0.686. The maximum absolute atomic E-state index is 12.6. The fourth-order valence-corrected chi connectivity index (χ4v) is 10.3. The number of rotatable bonds is 1. The van der Waals surface area contributed by atoms with E-state index < -0.39 is 23.6 Å². The molecule has 0 bridgehead atoms. The molecule has 9 atom stereocenters. The number of hydrogen-bond donors (Lipinski definition) is 3. The number of allylic oxidation sites excluding steroid dienone is 3. The van der Waals surface area contributed by atoms with Crippen LogP contribution < -0.4 is 0 Å². The Labute approximate surface area is 199 Å². The third-order valence-electron chi connectivity index (χ3n) is 12.4. The third-order valence-corrected chi connectivity index (χ3v) is 12.4. The lowest BCUT2D eigenvalue weighted by Gasteiger charge is -2.71. The van der Waals surface area contributed by atoms with Crippen molar-refractivity contribution >= 4 is 5.97 Å². The Morgan fingerprint density at radius 3 is 2.39 bits per heavy atom. The normalized spacial score (nSPS) is 53.1. The second kappa shape index (κ2) is 6.97. The van der Waals surface area contributed by atoms with Gasteiger partial charge in [-0.2, -0.15) is 0 Å².